The predicted octanol–water partition coefficient (Wildman–Crippen LogP) is 3.53. The molecule has 0 radical (unpaired) electrons. The predicted molar refractivity (Wildman–Crippen MR) is 80.8 cm³/mol. The fourth-order valence-electron chi connectivity index (χ4n) is 2.11. The van der Waals surface area contributed by atoms with Crippen molar-refractivity contribution in [3.63, 3.8) is 0 Å². The lowest BCUT2D eigenvalue weighted by molar-refractivity contribution is 0.0601. The molecule has 4 nitrogen and oxygen atoms in total. The number of hydrogen-bond donors (Lipinski definition) is 1. The summed E-state index contributed by atoms with van der Waals surface area (Å²) in [6.07, 6.45) is 1.80. The number of H-pyrrole nitrogens is 1. The summed E-state index contributed by atoms with van der Waals surface area (Å²) in [7, 11) is 1.37. The summed E-state index contributed by atoms with van der Waals surface area (Å²) in [5.74, 6) is 0.427. The van der Waals surface area contributed by atoms with Crippen LogP contribution in [0.15, 0.2) is 60.8 Å². The molecule has 3 aromatic rings. The molecule has 0 saturated heterocycles. The molecule has 0 saturated carbocycles. The third-order valence-corrected chi connectivity index (χ3v) is 3.24. The molecule has 4 heteroatoms. The number of carbonyl (C=O) groups is 1. The second-order valence-electron chi connectivity index (χ2n) is 4.58. The van der Waals surface area contributed by atoms with Crippen molar-refractivity contribution in [3.8, 4) is 22.6 Å². The van der Waals surface area contributed by atoms with Gasteiger partial charge in [0.1, 0.15) is 5.82 Å². The van der Waals surface area contributed by atoms with Gasteiger partial charge in [0.05, 0.1) is 24.6 Å². The van der Waals surface area contributed by atoms with Crippen LogP contribution in [0.1, 0.15) is 10.4 Å². The van der Waals surface area contributed by atoms with Crippen molar-refractivity contribution in [2.45, 2.75) is 0 Å². The van der Waals surface area contributed by atoms with Crippen molar-refractivity contribution in [2.75, 3.05) is 7.11 Å². The first-order valence-electron chi connectivity index (χ1n) is 6.57. The number of nitrogens with one attached hydrogen (secondary N) is 1. The van der Waals surface area contributed by atoms with E-state index in [1.54, 1.807) is 18.3 Å². The molecule has 21 heavy (non-hydrogen) atoms. The second-order valence-corrected chi connectivity index (χ2v) is 4.58. The Morgan fingerprint density at radius 1 is 1.00 bits per heavy atom. The van der Waals surface area contributed by atoms with Gasteiger partial charge in [-0.05, 0) is 17.7 Å². The lowest BCUT2D eigenvalue weighted by atomic mass is 10.1. The van der Waals surface area contributed by atoms with Crippen molar-refractivity contribution < 1.29 is 9.53 Å². The number of nitrogens with zero attached hydrogens (tertiary/aromatic N) is 1. The van der Waals surface area contributed by atoms with Gasteiger partial charge in [-0.3, -0.25) is 0 Å². The normalized spacial score (nSPS) is 10.3. The standard InChI is InChI=1S/C17H14N2O2/c1-21-17(20)14-9-7-13(8-10-14)16-18-11-15(19-16)12-5-3-2-4-6-12/h2-11H,1H3,(H,18,19). The van der Waals surface area contributed by atoms with Crippen molar-refractivity contribution in [1.29, 1.82) is 0 Å². The quantitative estimate of drug-likeness (QED) is 0.746. The van der Waals surface area contributed by atoms with Gasteiger partial charge in [-0.25, -0.2) is 9.78 Å². The van der Waals surface area contributed by atoms with Crippen LogP contribution in [0.25, 0.3) is 22.6 Å². The summed E-state index contributed by atoms with van der Waals surface area (Å²) in [4.78, 5) is 19.1. The lowest BCUT2D eigenvalue weighted by Crippen LogP contribution is -2.00. The van der Waals surface area contributed by atoms with Gasteiger partial charge in [0.2, 0.25) is 0 Å². The Balaban J connectivity index is 1.88. The van der Waals surface area contributed by atoms with E-state index in [2.05, 4.69) is 14.7 Å². The highest BCUT2D eigenvalue weighted by atomic mass is 16.5. The number of aromatic amines is 1. The number of aromatic nitrogens is 2. The van der Waals surface area contributed by atoms with E-state index in [0.717, 1.165) is 22.6 Å². The molecule has 0 amide bonds. The average Bonchev–Trinajstić information content (AvgIpc) is 3.05. The molecule has 1 N–H and O–H groups in total. The molecule has 0 atom stereocenters. The zero-order valence-electron chi connectivity index (χ0n) is 11.5. The van der Waals surface area contributed by atoms with Gasteiger partial charge in [-0.1, -0.05) is 42.5 Å². The Bertz CT molecular complexity index is 746. The van der Waals surface area contributed by atoms with E-state index in [1.165, 1.54) is 7.11 Å². The number of hydrogen-bond acceptors (Lipinski definition) is 3. The van der Waals surface area contributed by atoms with E-state index < -0.39 is 0 Å². The second kappa shape index (κ2) is 5.63. The molecular weight excluding hydrogens is 264 g/mol. The molecule has 1 heterocycles. The Morgan fingerprint density at radius 2 is 1.71 bits per heavy atom. The first kappa shape index (κ1) is 13.1. The first-order valence-corrected chi connectivity index (χ1v) is 6.57. The Hall–Kier alpha value is -2.88. The van der Waals surface area contributed by atoms with Gasteiger partial charge in [0.15, 0.2) is 0 Å². The molecule has 0 aliphatic rings. The Labute approximate surface area is 122 Å². The number of benzene rings is 2. The van der Waals surface area contributed by atoms with Crippen LogP contribution < -0.4 is 0 Å². The molecule has 2 aromatic carbocycles. The maximum Gasteiger partial charge on any atom is 0.337 e. The lowest BCUT2D eigenvalue weighted by Gasteiger charge is -2.01. The smallest absolute Gasteiger partial charge is 0.337 e. The zero-order chi connectivity index (χ0) is 14.7. The summed E-state index contributed by atoms with van der Waals surface area (Å²) in [5.41, 5.74) is 3.49. The minimum absolute atomic E-state index is 0.342. The summed E-state index contributed by atoms with van der Waals surface area (Å²) >= 11 is 0. The Kier molecular flexibility index (Phi) is 3.51. The average molecular weight is 278 g/mol. The van der Waals surface area contributed by atoms with Crippen LogP contribution >= 0.6 is 0 Å². The number of methoxy groups -OCH3 is 1. The summed E-state index contributed by atoms with van der Waals surface area (Å²) in [6, 6.07) is 17.2. The van der Waals surface area contributed by atoms with Crippen molar-refractivity contribution in [2.24, 2.45) is 0 Å². The van der Waals surface area contributed by atoms with Gasteiger partial charge in [0.25, 0.3) is 0 Å². The topological polar surface area (TPSA) is 55.0 Å². The van der Waals surface area contributed by atoms with Crippen LogP contribution in [0.3, 0.4) is 0 Å². The molecule has 0 unspecified atom stereocenters. The molecule has 0 fully saturated rings. The fraction of sp³-hybridized carbons (Fsp3) is 0.0588. The molecule has 0 bridgehead atoms. The highest BCUT2D eigenvalue weighted by Gasteiger charge is 2.08. The van der Waals surface area contributed by atoms with E-state index in [1.807, 2.05) is 42.5 Å². The number of ether oxygens (including phenoxy) is 1. The van der Waals surface area contributed by atoms with E-state index >= 15 is 0 Å². The largest absolute Gasteiger partial charge is 0.465 e. The molecule has 0 aliphatic heterocycles. The number of esters is 1. The van der Waals surface area contributed by atoms with Crippen molar-refractivity contribution in [1.82, 2.24) is 9.97 Å². The van der Waals surface area contributed by atoms with Crippen LogP contribution in [0.2, 0.25) is 0 Å². The molecule has 0 spiro atoms. The van der Waals surface area contributed by atoms with Crippen molar-refractivity contribution >= 4 is 5.97 Å². The maximum absolute atomic E-state index is 11.4. The highest BCUT2D eigenvalue weighted by molar-refractivity contribution is 5.89. The van der Waals surface area contributed by atoms with E-state index in [-0.39, 0.29) is 5.97 Å². The number of carbonyl (C=O) groups excluding carboxylic acids is 1. The van der Waals surface area contributed by atoms with Gasteiger partial charge < -0.3 is 9.72 Å². The minimum Gasteiger partial charge on any atom is -0.465 e. The third kappa shape index (κ3) is 2.69. The van der Waals surface area contributed by atoms with Gasteiger partial charge in [-0.15, -0.1) is 0 Å². The zero-order valence-corrected chi connectivity index (χ0v) is 11.5. The monoisotopic (exact) mass is 278 g/mol. The van der Waals surface area contributed by atoms with E-state index in [0.29, 0.717) is 5.56 Å². The summed E-state index contributed by atoms with van der Waals surface area (Å²) in [6.45, 7) is 0. The maximum atomic E-state index is 11.4. The van der Waals surface area contributed by atoms with Crippen LogP contribution in [-0.2, 0) is 4.74 Å². The molecule has 104 valence electrons. The van der Waals surface area contributed by atoms with Gasteiger partial charge in [0, 0.05) is 5.56 Å². The minimum atomic E-state index is -0.342. The Morgan fingerprint density at radius 3 is 2.38 bits per heavy atom. The number of imidazole rings is 1. The number of rotatable bonds is 3. The highest BCUT2D eigenvalue weighted by Crippen LogP contribution is 2.22. The van der Waals surface area contributed by atoms with Crippen LogP contribution in [0.4, 0.5) is 0 Å². The third-order valence-electron chi connectivity index (χ3n) is 3.24. The molecule has 1 aromatic heterocycles. The van der Waals surface area contributed by atoms with Gasteiger partial charge in [-0.2, -0.15) is 0 Å². The van der Waals surface area contributed by atoms with Crippen molar-refractivity contribution in [3.05, 3.63) is 66.4 Å². The van der Waals surface area contributed by atoms with Crippen LogP contribution in [-0.4, -0.2) is 23.0 Å². The van der Waals surface area contributed by atoms with Crippen LogP contribution in [0, 0.1) is 0 Å². The summed E-state index contributed by atoms with van der Waals surface area (Å²) in [5, 5.41) is 0. The molecule has 0 aliphatic carbocycles. The van der Waals surface area contributed by atoms with E-state index in [4.69, 9.17) is 0 Å². The van der Waals surface area contributed by atoms with Gasteiger partial charge >= 0.3 is 5.97 Å². The fourth-order valence-corrected chi connectivity index (χ4v) is 2.11. The summed E-state index contributed by atoms with van der Waals surface area (Å²) < 4.78 is 4.68. The SMILES string of the molecule is COC(=O)c1ccc(-c2ncc(-c3ccccc3)[nH]2)cc1. The van der Waals surface area contributed by atoms with E-state index in [9.17, 15) is 4.79 Å². The molecular formula is C17H14N2O2. The first-order chi connectivity index (χ1) is 10.3. The molecule has 3 rings (SSSR count). The van der Waals surface area contributed by atoms with Crippen LogP contribution in [0.5, 0.6) is 0 Å².